The van der Waals surface area contributed by atoms with Gasteiger partial charge in [-0.15, -0.1) is 0 Å². The van der Waals surface area contributed by atoms with Gasteiger partial charge in [-0.1, -0.05) is 48.6 Å². The van der Waals surface area contributed by atoms with Gasteiger partial charge >= 0.3 is 0 Å². The second-order valence-electron chi connectivity index (χ2n) is 8.67. The normalized spacial score (nSPS) is 19.6. The summed E-state index contributed by atoms with van der Waals surface area (Å²) in [5, 5.41) is 0. The number of pyridine rings is 1. The van der Waals surface area contributed by atoms with Crippen LogP contribution in [0.25, 0.3) is 28.3 Å². The Morgan fingerprint density at radius 2 is 1.94 bits per heavy atom. The maximum absolute atomic E-state index is 6.54. The Morgan fingerprint density at radius 3 is 2.61 bits per heavy atom. The van der Waals surface area contributed by atoms with E-state index in [1.807, 2.05) is 6.20 Å². The lowest BCUT2D eigenvalue weighted by atomic mass is 9.72. The van der Waals surface area contributed by atoms with Crippen molar-refractivity contribution in [3.63, 3.8) is 0 Å². The van der Waals surface area contributed by atoms with Crippen molar-refractivity contribution >= 4 is 5.65 Å². The van der Waals surface area contributed by atoms with Crippen molar-refractivity contribution < 1.29 is 0 Å². The van der Waals surface area contributed by atoms with Crippen molar-refractivity contribution in [2.24, 2.45) is 5.73 Å². The van der Waals surface area contributed by atoms with Crippen LogP contribution >= 0.6 is 0 Å². The number of fused-ring (bicyclic) bond motifs is 1. The number of nitrogens with zero attached hydrogens (tertiary/aromatic N) is 3. The molecule has 1 fully saturated rings. The molecule has 5 heteroatoms. The van der Waals surface area contributed by atoms with Crippen molar-refractivity contribution in [1.29, 1.82) is 0 Å². The molecular formula is C26H25N5. The first-order valence-corrected chi connectivity index (χ1v) is 11.0. The lowest BCUT2D eigenvalue weighted by molar-refractivity contribution is 0.253. The van der Waals surface area contributed by atoms with E-state index in [0.29, 0.717) is 0 Å². The molecular weight excluding hydrogens is 382 g/mol. The van der Waals surface area contributed by atoms with Crippen molar-refractivity contribution in [2.75, 3.05) is 0 Å². The molecule has 154 valence electrons. The van der Waals surface area contributed by atoms with E-state index in [2.05, 4.69) is 81.3 Å². The van der Waals surface area contributed by atoms with E-state index < -0.39 is 0 Å². The second-order valence-corrected chi connectivity index (χ2v) is 8.67. The maximum atomic E-state index is 6.54. The summed E-state index contributed by atoms with van der Waals surface area (Å²) in [7, 11) is 0. The third kappa shape index (κ3) is 3.04. The third-order valence-electron chi connectivity index (χ3n) is 6.75. The first kappa shape index (κ1) is 18.3. The van der Waals surface area contributed by atoms with Gasteiger partial charge in [-0.2, -0.15) is 0 Å². The summed E-state index contributed by atoms with van der Waals surface area (Å²) in [5.41, 5.74) is 13.0. The van der Waals surface area contributed by atoms with Crippen LogP contribution in [0, 0.1) is 0 Å². The van der Waals surface area contributed by atoms with Crippen LogP contribution in [-0.4, -0.2) is 19.4 Å². The molecule has 0 saturated heterocycles. The summed E-state index contributed by atoms with van der Waals surface area (Å²) >= 11 is 0. The summed E-state index contributed by atoms with van der Waals surface area (Å²) in [6.45, 7) is 0. The SMILES string of the molecule is NC1(c2ccc(-c3nc4cc(-c5ncc[nH]5)ccn4c3C3C=CC=CC3)cc2)CCC1. The molecule has 5 nitrogen and oxygen atoms in total. The standard InChI is InChI=1S/C26H25N5/c27-26(12-4-13-26)21-9-7-18(8-10-21)23-24(19-5-2-1-3-6-19)31-16-11-20(17-22(31)30-23)25-28-14-15-29-25/h1-3,5,7-11,14-17,19H,4,6,12-13,27H2,(H,28,29). The molecule has 1 aromatic carbocycles. The number of benzene rings is 1. The molecule has 4 aromatic rings. The molecule has 0 radical (unpaired) electrons. The minimum Gasteiger partial charge on any atom is -0.345 e. The Bertz CT molecular complexity index is 1290. The van der Waals surface area contributed by atoms with Crippen LogP contribution in [-0.2, 0) is 5.54 Å². The van der Waals surface area contributed by atoms with Crippen molar-refractivity contribution in [1.82, 2.24) is 19.4 Å². The molecule has 2 aliphatic rings. The molecule has 0 spiro atoms. The van der Waals surface area contributed by atoms with Crippen LogP contribution in [0.2, 0.25) is 0 Å². The molecule has 3 heterocycles. The topological polar surface area (TPSA) is 72.0 Å². The van der Waals surface area contributed by atoms with Gasteiger partial charge in [0.15, 0.2) is 0 Å². The fraction of sp³-hybridized carbons (Fsp3) is 0.231. The number of aromatic amines is 1. The fourth-order valence-corrected chi connectivity index (χ4v) is 4.79. The molecule has 1 saturated carbocycles. The summed E-state index contributed by atoms with van der Waals surface area (Å²) in [4.78, 5) is 12.7. The zero-order valence-corrected chi connectivity index (χ0v) is 17.3. The highest BCUT2D eigenvalue weighted by Crippen LogP contribution is 2.40. The van der Waals surface area contributed by atoms with Crippen LogP contribution in [0.3, 0.4) is 0 Å². The predicted molar refractivity (Wildman–Crippen MR) is 124 cm³/mol. The van der Waals surface area contributed by atoms with Gasteiger partial charge in [0.2, 0.25) is 0 Å². The maximum Gasteiger partial charge on any atom is 0.138 e. The smallest absolute Gasteiger partial charge is 0.138 e. The van der Waals surface area contributed by atoms with Crippen LogP contribution in [0.5, 0.6) is 0 Å². The summed E-state index contributed by atoms with van der Waals surface area (Å²) < 4.78 is 2.22. The number of allylic oxidation sites excluding steroid dienone is 4. The summed E-state index contributed by atoms with van der Waals surface area (Å²) in [6, 6.07) is 12.9. The van der Waals surface area contributed by atoms with Gasteiger partial charge in [-0.05, 0) is 43.4 Å². The Labute approximate surface area is 181 Å². The average Bonchev–Trinajstić information content (AvgIpc) is 3.46. The molecule has 0 aliphatic heterocycles. The highest BCUT2D eigenvalue weighted by atomic mass is 15.0. The fourth-order valence-electron chi connectivity index (χ4n) is 4.79. The van der Waals surface area contributed by atoms with Crippen LogP contribution in [0.15, 0.2) is 79.3 Å². The van der Waals surface area contributed by atoms with Crippen LogP contribution < -0.4 is 5.73 Å². The molecule has 3 aromatic heterocycles. The first-order valence-electron chi connectivity index (χ1n) is 11.0. The van der Waals surface area contributed by atoms with Crippen molar-refractivity contribution in [3.8, 4) is 22.6 Å². The van der Waals surface area contributed by atoms with E-state index in [0.717, 1.165) is 47.6 Å². The Balaban J connectivity index is 1.48. The summed E-state index contributed by atoms with van der Waals surface area (Å²) in [5.74, 6) is 1.14. The number of hydrogen-bond acceptors (Lipinski definition) is 3. The number of imidazole rings is 2. The highest BCUT2D eigenvalue weighted by molar-refractivity contribution is 5.71. The number of rotatable bonds is 4. The number of aromatic nitrogens is 4. The van der Waals surface area contributed by atoms with Gasteiger partial charge in [0, 0.05) is 41.2 Å². The van der Waals surface area contributed by atoms with Gasteiger partial charge in [-0.25, -0.2) is 9.97 Å². The Morgan fingerprint density at radius 1 is 1.06 bits per heavy atom. The number of nitrogens with one attached hydrogen (secondary N) is 1. The van der Waals surface area contributed by atoms with Gasteiger partial charge in [0.1, 0.15) is 11.5 Å². The van der Waals surface area contributed by atoms with Gasteiger partial charge in [-0.3, -0.25) is 0 Å². The second kappa shape index (κ2) is 7.06. The monoisotopic (exact) mass is 407 g/mol. The number of nitrogens with two attached hydrogens (primary N) is 1. The minimum atomic E-state index is -0.144. The number of H-pyrrole nitrogens is 1. The van der Waals surface area contributed by atoms with E-state index in [1.54, 1.807) is 6.20 Å². The van der Waals surface area contributed by atoms with E-state index >= 15 is 0 Å². The number of hydrogen-bond donors (Lipinski definition) is 2. The Kier molecular flexibility index (Phi) is 4.18. The zero-order chi connectivity index (χ0) is 20.8. The molecule has 0 amide bonds. The highest BCUT2D eigenvalue weighted by Gasteiger charge is 2.34. The van der Waals surface area contributed by atoms with E-state index in [1.165, 1.54) is 17.7 Å². The van der Waals surface area contributed by atoms with E-state index in [9.17, 15) is 0 Å². The lowest BCUT2D eigenvalue weighted by Gasteiger charge is -2.38. The molecule has 6 rings (SSSR count). The lowest BCUT2D eigenvalue weighted by Crippen LogP contribution is -2.43. The largest absolute Gasteiger partial charge is 0.345 e. The molecule has 2 aliphatic carbocycles. The predicted octanol–water partition coefficient (Wildman–Crippen LogP) is 5.33. The molecule has 31 heavy (non-hydrogen) atoms. The van der Waals surface area contributed by atoms with Gasteiger partial charge < -0.3 is 15.1 Å². The zero-order valence-electron chi connectivity index (χ0n) is 17.3. The van der Waals surface area contributed by atoms with Crippen LogP contribution in [0.4, 0.5) is 0 Å². The quantitative estimate of drug-likeness (QED) is 0.480. The van der Waals surface area contributed by atoms with Crippen LogP contribution in [0.1, 0.15) is 42.9 Å². The van der Waals surface area contributed by atoms with Gasteiger partial charge in [0.25, 0.3) is 0 Å². The average molecular weight is 408 g/mol. The van der Waals surface area contributed by atoms with E-state index in [4.69, 9.17) is 10.7 Å². The van der Waals surface area contributed by atoms with Crippen molar-refractivity contribution in [3.05, 3.63) is 90.6 Å². The van der Waals surface area contributed by atoms with Gasteiger partial charge in [0.05, 0.1) is 11.4 Å². The Hall–Kier alpha value is -3.44. The molecule has 1 unspecified atom stereocenters. The molecule has 1 atom stereocenters. The third-order valence-corrected chi connectivity index (χ3v) is 6.75. The van der Waals surface area contributed by atoms with Crippen molar-refractivity contribution in [2.45, 2.75) is 37.1 Å². The minimum absolute atomic E-state index is 0.144. The summed E-state index contributed by atoms with van der Waals surface area (Å²) in [6.07, 6.45) is 18.8. The molecule has 3 N–H and O–H groups in total. The van der Waals surface area contributed by atoms with E-state index in [-0.39, 0.29) is 11.5 Å². The molecule has 0 bridgehead atoms. The first-order chi connectivity index (χ1) is 15.2.